The van der Waals surface area contributed by atoms with E-state index in [2.05, 4.69) is 43.4 Å². The van der Waals surface area contributed by atoms with Gasteiger partial charge < -0.3 is 20.4 Å². The number of amides is 2. The molecular formula is C21H27BrN4O2S. The molecule has 29 heavy (non-hydrogen) atoms. The van der Waals surface area contributed by atoms with Gasteiger partial charge in [0.2, 0.25) is 5.91 Å². The second-order valence-corrected chi connectivity index (χ2v) is 10.3. The molecule has 2 aromatic rings. The van der Waals surface area contributed by atoms with Crippen molar-refractivity contribution in [2.24, 2.45) is 0 Å². The van der Waals surface area contributed by atoms with Gasteiger partial charge in [0.25, 0.3) is 5.91 Å². The Morgan fingerprint density at radius 1 is 1.03 bits per heavy atom. The third-order valence-electron chi connectivity index (χ3n) is 5.00. The Morgan fingerprint density at radius 3 is 2.41 bits per heavy atom. The molecule has 0 radical (unpaired) electrons. The van der Waals surface area contributed by atoms with Crippen molar-refractivity contribution < 1.29 is 9.59 Å². The van der Waals surface area contributed by atoms with E-state index in [-0.39, 0.29) is 11.8 Å². The van der Waals surface area contributed by atoms with E-state index < -0.39 is 5.54 Å². The summed E-state index contributed by atoms with van der Waals surface area (Å²) in [6, 6.07) is 11.4. The van der Waals surface area contributed by atoms with Crippen LogP contribution in [0, 0.1) is 0 Å². The van der Waals surface area contributed by atoms with Gasteiger partial charge in [-0.25, -0.2) is 0 Å². The van der Waals surface area contributed by atoms with E-state index in [0.717, 1.165) is 42.1 Å². The Hall–Kier alpha value is -1.90. The number of likely N-dealkylation sites (N-methyl/N-ethyl adjacent to an activating group) is 1. The zero-order chi connectivity index (χ0) is 21.0. The average molecular weight is 479 g/mol. The predicted molar refractivity (Wildman–Crippen MR) is 123 cm³/mol. The molecule has 0 unspecified atom stereocenters. The largest absolute Gasteiger partial charge is 0.370 e. The molecule has 3 rings (SSSR count). The number of nitrogens with zero attached hydrogens (tertiary/aromatic N) is 2. The average Bonchev–Trinajstić information content (AvgIpc) is 2.99. The molecule has 0 saturated carbocycles. The molecule has 1 fully saturated rings. The van der Waals surface area contributed by atoms with E-state index in [1.165, 1.54) is 11.3 Å². The molecule has 156 valence electrons. The summed E-state index contributed by atoms with van der Waals surface area (Å²) in [6.07, 6.45) is 1.14. The summed E-state index contributed by atoms with van der Waals surface area (Å²) in [5.41, 5.74) is 0.836. The van der Waals surface area contributed by atoms with Gasteiger partial charge in [-0.1, -0.05) is 0 Å². The van der Waals surface area contributed by atoms with Crippen LogP contribution in [0.25, 0.3) is 0 Å². The number of benzene rings is 1. The summed E-state index contributed by atoms with van der Waals surface area (Å²) in [5, 5.41) is 5.71. The van der Waals surface area contributed by atoms with Gasteiger partial charge in [0.05, 0.1) is 8.66 Å². The minimum atomic E-state index is -1.04. The minimum Gasteiger partial charge on any atom is -0.370 e. The quantitative estimate of drug-likeness (QED) is 0.685. The number of anilines is 2. The van der Waals surface area contributed by atoms with Gasteiger partial charge in [-0.15, -0.1) is 11.3 Å². The third kappa shape index (κ3) is 5.81. The van der Waals surface area contributed by atoms with E-state index in [0.29, 0.717) is 10.6 Å². The fourth-order valence-corrected chi connectivity index (χ4v) is 4.47. The van der Waals surface area contributed by atoms with Crippen LogP contribution in [0.5, 0.6) is 0 Å². The monoisotopic (exact) mass is 478 g/mol. The van der Waals surface area contributed by atoms with Crippen molar-refractivity contribution in [2.75, 3.05) is 43.4 Å². The molecule has 2 heterocycles. The zero-order valence-corrected chi connectivity index (χ0v) is 19.4. The van der Waals surface area contributed by atoms with Gasteiger partial charge in [0.1, 0.15) is 5.54 Å². The molecule has 2 N–H and O–H groups in total. The standard InChI is InChI=1S/C21H27BrN4O2S/c1-21(2,24-19(27)17-9-10-18(22)29-17)20(28)23-15-5-7-16(8-6-15)26-12-4-11-25(3)13-14-26/h5-10H,4,11-14H2,1-3H3,(H,23,28)(H,24,27). The van der Waals surface area contributed by atoms with E-state index in [1.54, 1.807) is 19.9 Å². The topological polar surface area (TPSA) is 64.7 Å². The second kappa shape index (κ2) is 9.28. The maximum Gasteiger partial charge on any atom is 0.262 e. The third-order valence-corrected chi connectivity index (χ3v) is 6.62. The Balaban J connectivity index is 1.59. The number of hydrogen-bond donors (Lipinski definition) is 2. The highest BCUT2D eigenvalue weighted by atomic mass is 79.9. The highest BCUT2D eigenvalue weighted by Gasteiger charge is 2.30. The maximum absolute atomic E-state index is 12.7. The van der Waals surface area contributed by atoms with Crippen molar-refractivity contribution in [3.05, 3.63) is 45.1 Å². The minimum absolute atomic E-state index is 0.259. The van der Waals surface area contributed by atoms with Crippen LogP contribution >= 0.6 is 27.3 Å². The first kappa shape index (κ1) is 21.8. The number of thiophene rings is 1. The van der Waals surface area contributed by atoms with Crippen LogP contribution in [0.1, 0.15) is 29.9 Å². The fourth-order valence-electron chi connectivity index (χ4n) is 3.19. The van der Waals surface area contributed by atoms with E-state index >= 15 is 0 Å². The highest BCUT2D eigenvalue weighted by molar-refractivity contribution is 9.11. The molecule has 0 atom stereocenters. The number of carbonyl (C=O) groups is 2. The van der Waals surface area contributed by atoms with Crippen molar-refractivity contribution in [3.8, 4) is 0 Å². The van der Waals surface area contributed by atoms with Crippen LogP contribution in [-0.2, 0) is 4.79 Å². The van der Waals surface area contributed by atoms with Gasteiger partial charge in [0.15, 0.2) is 0 Å². The van der Waals surface area contributed by atoms with Crippen molar-refractivity contribution in [1.82, 2.24) is 10.2 Å². The van der Waals surface area contributed by atoms with Crippen LogP contribution in [-0.4, -0.2) is 55.5 Å². The van der Waals surface area contributed by atoms with E-state index in [1.807, 2.05) is 30.3 Å². The van der Waals surface area contributed by atoms with Gasteiger partial charge >= 0.3 is 0 Å². The molecule has 1 aliphatic rings. The number of rotatable bonds is 5. The first-order chi connectivity index (χ1) is 13.7. The fraction of sp³-hybridized carbons (Fsp3) is 0.429. The molecule has 0 aliphatic carbocycles. The zero-order valence-electron chi connectivity index (χ0n) is 17.0. The van der Waals surface area contributed by atoms with Gasteiger partial charge in [-0.05, 0) is 86.2 Å². The SMILES string of the molecule is CN1CCCN(c2ccc(NC(=O)C(C)(C)NC(=O)c3ccc(Br)s3)cc2)CC1. The lowest BCUT2D eigenvalue weighted by molar-refractivity contribution is -0.120. The van der Waals surface area contributed by atoms with Crippen LogP contribution in [0.3, 0.4) is 0 Å². The summed E-state index contributed by atoms with van der Waals surface area (Å²) in [4.78, 5) is 30.4. The van der Waals surface area contributed by atoms with Gasteiger partial charge in [0, 0.05) is 31.0 Å². The van der Waals surface area contributed by atoms with Crippen LogP contribution in [0.15, 0.2) is 40.2 Å². The predicted octanol–water partition coefficient (Wildman–Crippen LogP) is 3.80. The normalized spacial score (nSPS) is 15.7. The smallest absolute Gasteiger partial charge is 0.262 e. The van der Waals surface area contributed by atoms with Crippen LogP contribution in [0.2, 0.25) is 0 Å². The Kier molecular flexibility index (Phi) is 6.97. The molecule has 1 aromatic carbocycles. The maximum atomic E-state index is 12.7. The summed E-state index contributed by atoms with van der Waals surface area (Å²) in [5.74, 6) is -0.520. The summed E-state index contributed by atoms with van der Waals surface area (Å²) in [6.45, 7) is 7.60. The molecule has 8 heteroatoms. The first-order valence-electron chi connectivity index (χ1n) is 9.67. The van der Waals surface area contributed by atoms with Crippen molar-refractivity contribution in [3.63, 3.8) is 0 Å². The van der Waals surface area contributed by atoms with Crippen molar-refractivity contribution >= 4 is 50.5 Å². The number of hydrogen-bond acceptors (Lipinski definition) is 5. The number of carbonyl (C=O) groups excluding carboxylic acids is 2. The van der Waals surface area contributed by atoms with E-state index in [9.17, 15) is 9.59 Å². The lowest BCUT2D eigenvalue weighted by Gasteiger charge is -2.25. The van der Waals surface area contributed by atoms with Crippen LogP contribution in [0.4, 0.5) is 11.4 Å². The summed E-state index contributed by atoms with van der Waals surface area (Å²) < 4.78 is 0.876. The Labute approximate surface area is 184 Å². The Bertz CT molecular complexity index is 866. The van der Waals surface area contributed by atoms with Crippen LogP contribution < -0.4 is 15.5 Å². The van der Waals surface area contributed by atoms with Gasteiger partial charge in [-0.2, -0.15) is 0 Å². The summed E-state index contributed by atoms with van der Waals surface area (Å²) in [7, 11) is 2.15. The molecule has 0 spiro atoms. The second-order valence-electron chi connectivity index (χ2n) is 7.83. The van der Waals surface area contributed by atoms with Crippen molar-refractivity contribution in [2.45, 2.75) is 25.8 Å². The highest BCUT2D eigenvalue weighted by Crippen LogP contribution is 2.23. The number of halogens is 1. The van der Waals surface area contributed by atoms with E-state index in [4.69, 9.17) is 0 Å². The first-order valence-corrected chi connectivity index (χ1v) is 11.3. The summed E-state index contributed by atoms with van der Waals surface area (Å²) >= 11 is 4.68. The van der Waals surface area contributed by atoms with Crippen molar-refractivity contribution in [1.29, 1.82) is 0 Å². The molecule has 6 nitrogen and oxygen atoms in total. The molecule has 1 aliphatic heterocycles. The lowest BCUT2D eigenvalue weighted by atomic mass is 10.0. The number of nitrogens with one attached hydrogen (secondary N) is 2. The Morgan fingerprint density at radius 2 is 1.76 bits per heavy atom. The molecule has 1 saturated heterocycles. The molecular weight excluding hydrogens is 452 g/mol. The molecule has 2 amide bonds. The lowest BCUT2D eigenvalue weighted by Crippen LogP contribution is -2.52. The van der Waals surface area contributed by atoms with Gasteiger partial charge in [-0.3, -0.25) is 9.59 Å². The molecule has 0 bridgehead atoms. The molecule has 1 aromatic heterocycles.